The molecule has 0 saturated carbocycles. The van der Waals surface area contributed by atoms with Crippen LogP contribution in [0.15, 0.2) is 58.7 Å². The van der Waals surface area contributed by atoms with Gasteiger partial charge in [-0.05, 0) is 58.3 Å². The molecular weight excluding hydrogens is 410 g/mol. The van der Waals surface area contributed by atoms with Crippen molar-refractivity contribution in [2.24, 2.45) is 5.92 Å². The summed E-state index contributed by atoms with van der Waals surface area (Å²) in [5, 5.41) is 11.9. The zero-order valence-electron chi connectivity index (χ0n) is 15.2. The number of nitrogens with one attached hydrogen (secondary N) is 1. The van der Waals surface area contributed by atoms with Gasteiger partial charge in [0.25, 0.3) is 0 Å². The molecule has 1 amide bonds. The second-order valence-electron chi connectivity index (χ2n) is 6.14. The highest BCUT2D eigenvalue weighted by Crippen LogP contribution is 2.29. The Kier molecular flexibility index (Phi) is 7.61. The molecule has 0 spiro atoms. The normalized spacial score (nSPS) is 12.3. The lowest BCUT2D eigenvalue weighted by atomic mass is 10.1. The summed E-state index contributed by atoms with van der Waals surface area (Å²) < 4.78 is 6.62. The summed E-state index contributed by atoms with van der Waals surface area (Å²) >= 11 is 3.42. The van der Waals surface area contributed by atoms with Crippen LogP contribution in [0.3, 0.4) is 0 Å². The van der Waals surface area contributed by atoms with Gasteiger partial charge in [0.15, 0.2) is 0 Å². The number of amides is 1. The van der Waals surface area contributed by atoms with Crippen molar-refractivity contribution >= 4 is 33.9 Å². The van der Waals surface area contributed by atoms with Crippen molar-refractivity contribution in [3.05, 3.63) is 64.3 Å². The number of carboxylic acid groups (broad SMARTS) is 1. The lowest BCUT2D eigenvalue weighted by Crippen LogP contribution is -2.31. The number of hydrogen-bond donors (Lipinski definition) is 2. The van der Waals surface area contributed by atoms with Crippen molar-refractivity contribution in [1.29, 1.82) is 0 Å². The van der Waals surface area contributed by atoms with Gasteiger partial charge in [-0.3, -0.25) is 4.79 Å². The maximum atomic E-state index is 12.1. The molecule has 5 nitrogen and oxygen atoms in total. The van der Waals surface area contributed by atoms with Gasteiger partial charge in [0.1, 0.15) is 17.2 Å². The van der Waals surface area contributed by atoms with Gasteiger partial charge in [-0.1, -0.05) is 44.5 Å². The van der Waals surface area contributed by atoms with Crippen LogP contribution in [0.4, 0.5) is 0 Å². The molecule has 2 aromatic rings. The SMILES string of the molecule is CCCC(C)C(=O)N/C(=C/c1ccc(Oc2ccccc2Br)cc1)C(=O)O. The molecule has 0 aliphatic rings. The summed E-state index contributed by atoms with van der Waals surface area (Å²) in [6, 6.07) is 14.4. The molecule has 2 rings (SSSR count). The predicted molar refractivity (Wildman–Crippen MR) is 108 cm³/mol. The molecular formula is C21H22BrNO4. The van der Waals surface area contributed by atoms with Crippen molar-refractivity contribution in [2.75, 3.05) is 0 Å². The van der Waals surface area contributed by atoms with Crippen LogP contribution in [-0.4, -0.2) is 17.0 Å². The van der Waals surface area contributed by atoms with E-state index in [4.69, 9.17) is 4.74 Å². The number of para-hydroxylation sites is 1. The van der Waals surface area contributed by atoms with Gasteiger partial charge in [-0.15, -0.1) is 0 Å². The molecule has 0 aliphatic carbocycles. The van der Waals surface area contributed by atoms with E-state index in [0.29, 0.717) is 23.5 Å². The van der Waals surface area contributed by atoms with Crippen molar-refractivity contribution in [1.82, 2.24) is 5.32 Å². The maximum Gasteiger partial charge on any atom is 0.352 e. The van der Waals surface area contributed by atoms with Crippen LogP contribution in [-0.2, 0) is 9.59 Å². The Hall–Kier alpha value is -2.60. The molecule has 0 saturated heterocycles. The lowest BCUT2D eigenvalue weighted by Gasteiger charge is -2.12. The number of carboxylic acids is 1. The van der Waals surface area contributed by atoms with Crippen molar-refractivity contribution in [2.45, 2.75) is 26.7 Å². The molecule has 0 aromatic heterocycles. The fraction of sp³-hybridized carbons (Fsp3) is 0.238. The molecule has 1 unspecified atom stereocenters. The van der Waals surface area contributed by atoms with Crippen molar-refractivity contribution in [3.63, 3.8) is 0 Å². The molecule has 0 heterocycles. The van der Waals surface area contributed by atoms with E-state index in [2.05, 4.69) is 21.2 Å². The monoisotopic (exact) mass is 431 g/mol. The summed E-state index contributed by atoms with van der Waals surface area (Å²) in [5.74, 6) is -0.404. The number of carbonyl (C=O) groups excluding carboxylic acids is 1. The topological polar surface area (TPSA) is 75.6 Å². The van der Waals surface area contributed by atoms with E-state index < -0.39 is 5.97 Å². The average molecular weight is 432 g/mol. The third-order valence-corrected chi connectivity index (χ3v) is 4.57. The first-order valence-corrected chi connectivity index (χ1v) is 9.48. The molecule has 142 valence electrons. The zero-order chi connectivity index (χ0) is 19.8. The number of hydrogen-bond acceptors (Lipinski definition) is 3. The minimum Gasteiger partial charge on any atom is -0.477 e. The summed E-state index contributed by atoms with van der Waals surface area (Å²) in [6.45, 7) is 3.77. The van der Waals surface area contributed by atoms with Gasteiger partial charge in [0, 0.05) is 5.92 Å². The summed E-state index contributed by atoms with van der Waals surface area (Å²) in [6.07, 6.45) is 3.00. The standard InChI is InChI=1S/C21H22BrNO4/c1-3-6-14(2)20(24)23-18(21(25)26)13-15-9-11-16(12-10-15)27-19-8-5-4-7-17(19)22/h4-5,7-14H,3,6H2,1-2H3,(H,23,24)(H,25,26)/b18-13+. The molecule has 27 heavy (non-hydrogen) atoms. The van der Waals surface area contributed by atoms with Crippen LogP contribution in [0.25, 0.3) is 6.08 Å². The number of benzene rings is 2. The second-order valence-corrected chi connectivity index (χ2v) is 7.00. The minimum atomic E-state index is -1.18. The first-order chi connectivity index (χ1) is 12.9. The second kappa shape index (κ2) is 9.92. The Balaban J connectivity index is 2.12. The molecule has 2 N–H and O–H groups in total. The van der Waals surface area contributed by atoms with E-state index in [1.165, 1.54) is 6.08 Å². The minimum absolute atomic E-state index is 0.151. The van der Waals surface area contributed by atoms with Crippen molar-refractivity contribution < 1.29 is 19.4 Å². The van der Waals surface area contributed by atoms with Gasteiger partial charge in [-0.25, -0.2) is 4.79 Å². The quantitative estimate of drug-likeness (QED) is 0.561. The third kappa shape index (κ3) is 6.25. The van der Waals surface area contributed by atoms with Crippen LogP contribution in [0.2, 0.25) is 0 Å². The molecule has 6 heteroatoms. The van der Waals surface area contributed by atoms with Gasteiger partial charge < -0.3 is 15.2 Å². The first kappa shape index (κ1) is 20.7. The molecule has 2 aromatic carbocycles. The number of ether oxygens (including phenoxy) is 1. The third-order valence-electron chi connectivity index (χ3n) is 3.91. The Morgan fingerprint density at radius 1 is 1.19 bits per heavy atom. The number of rotatable bonds is 8. The highest BCUT2D eigenvalue weighted by atomic mass is 79.9. The largest absolute Gasteiger partial charge is 0.477 e. The van der Waals surface area contributed by atoms with Gasteiger partial charge in [-0.2, -0.15) is 0 Å². The smallest absolute Gasteiger partial charge is 0.352 e. The maximum absolute atomic E-state index is 12.1. The van der Waals surface area contributed by atoms with E-state index in [0.717, 1.165) is 10.9 Å². The van der Waals surface area contributed by atoms with Crippen LogP contribution >= 0.6 is 15.9 Å². The van der Waals surface area contributed by atoms with Crippen LogP contribution < -0.4 is 10.1 Å². The predicted octanol–water partition coefficient (Wildman–Crippen LogP) is 5.22. The highest BCUT2D eigenvalue weighted by Gasteiger charge is 2.16. The van der Waals surface area contributed by atoms with E-state index >= 15 is 0 Å². The molecule has 0 fully saturated rings. The van der Waals surface area contributed by atoms with Gasteiger partial charge >= 0.3 is 5.97 Å². The van der Waals surface area contributed by atoms with E-state index in [9.17, 15) is 14.7 Å². The molecule has 0 bridgehead atoms. The fourth-order valence-electron chi connectivity index (χ4n) is 2.42. The fourth-order valence-corrected chi connectivity index (χ4v) is 2.79. The zero-order valence-corrected chi connectivity index (χ0v) is 16.8. The summed E-state index contributed by atoms with van der Waals surface area (Å²) in [7, 11) is 0. The highest BCUT2D eigenvalue weighted by molar-refractivity contribution is 9.10. The van der Waals surface area contributed by atoms with Gasteiger partial charge in [0.2, 0.25) is 5.91 Å². The van der Waals surface area contributed by atoms with E-state index in [1.807, 2.05) is 31.2 Å². The number of halogens is 1. The van der Waals surface area contributed by atoms with Crippen LogP contribution in [0.1, 0.15) is 32.3 Å². The van der Waals surface area contributed by atoms with E-state index in [1.54, 1.807) is 31.2 Å². The Morgan fingerprint density at radius 2 is 1.85 bits per heavy atom. The molecule has 0 radical (unpaired) electrons. The molecule has 1 atom stereocenters. The first-order valence-electron chi connectivity index (χ1n) is 8.69. The number of carbonyl (C=O) groups is 2. The van der Waals surface area contributed by atoms with Crippen LogP contribution in [0.5, 0.6) is 11.5 Å². The summed E-state index contributed by atoms with van der Waals surface area (Å²) in [4.78, 5) is 23.5. The van der Waals surface area contributed by atoms with Gasteiger partial charge in [0.05, 0.1) is 4.47 Å². The Morgan fingerprint density at radius 3 is 2.44 bits per heavy atom. The number of aliphatic carboxylic acids is 1. The molecule has 0 aliphatic heterocycles. The lowest BCUT2D eigenvalue weighted by molar-refractivity contribution is -0.135. The Labute approximate surface area is 167 Å². The average Bonchev–Trinajstić information content (AvgIpc) is 2.64. The Bertz CT molecular complexity index is 830. The van der Waals surface area contributed by atoms with E-state index in [-0.39, 0.29) is 17.5 Å². The summed E-state index contributed by atoms with van der Waals surface area (Å²) in [5.41, 5.74) is 0.498. The van der Waals surface area contributed by atoms with Crippen molar-refractivity contribution in [3.8, 4) is 11.5 Å². The van der Waals surface area contributed by atoms with Crippen LogP contribution in [0, 0.1) is 5.92 Å².